The van der Waals surface area contributed by atoms with Crippen LogP contribution in [0.3, 0.4) is 0 Å². The zero-order valence-corrected chi connectivity index (χ0v) is 10.9. The summed E-state index contributed by atoms with van der Waals surface area (Å²) in [6, 6.07) is 5.81. The van der Waals surface area contributed by atoms with Crippen LogP contribution in [0.4, 0.5) is 17.6 Å². The predicted octanol–water partition coefficient (Wildman–Crippen LogP) is 3.11. The predicted molar refractivity (Wildman–Crippen MR) is 59.9 cm³/mol. The van der Waals surface area contributed by atoms with Crippen LogP contribution in [0.15, 0.2) is 24.3 Å². The Balaban J connectivity index is 2.48. The van der Waals surface area contributed by atoms with Gasteiger partial charge in [-0.05, 0) is 11.1 Å². The second kappa shape index (κ2) is 6.98. The van der Waals surface area contributed by atoms with Crippen molar-refractivity contribution in [3.63, 3.8) is 0 Å². The summed E-state index contributed by atoms with van der Waals surface area (Å²) in [5, 5.41) is 0. The van der Waals surface area contributed by atoms with Crippen molar-refractivity contribution in [2.75, 3.05) is 14.2 Å². The van der Waals surface area contributed by atoms with Crippen molar-refractivity contribution in [1.29, 1.82) is 0 Å². The molecule has 0 radical (unpaired) electrons. The van der Waals surface area contributed by atoms with Gasteiger partial charge in [-0.15, -0.1) is 17.6 Å². The second-order valence-electron chi connectivity index (χ2n) is 3.73. The van der Waals surface area contributed by atoms with E-state index in [0.29, 0.717) is 11.1 Å². The first-order chi connectivity index (χ1) is 9.28. The van der Waals surface area contributed by atoms with Crippen LogP contribution in [-0.4, -0.2) is 26.8 Å². The zero-order chi connectivity index (χ0) is 15.2. The number of hydrogen-bond donors (Lipinski definition) is 0. The minimum absolute atomic E-state index is 0.379. The molecular formula is C12H14F4O4. The van der Waals surface area contributed by atoms with Gasteiger partial charge in [-0.1, -0.05) is 24.3 Å². The largest absolute Gasteiger partial charge is 0.485 e. The van der Waals surface area contributed by atoms with E-state index in [2.05, 4.69) is 18.9 Å². The van der Waals surface area contributed by atoms with Gasteiger partial charge in [0.15, 0.2) is 0 Å². The van der Waals surface area contributed by atoms with Crippen molar-refractivity contribution in [2.45, 2.75) is 25.8 Å². The summed E-state index contributed by atoms with van der Waals surface area (Å²) >= 11 is 0. The van der Waals surface area contributed by atoms with Crippen LogP contribution >= 0.6 is 0 Å². The van der Waals surface area contributed by atoms with Crippen molar-refractivity contribution >= 4 is 0 Å². The van der Waals surface area contributed by atoms with Crippen molar-refractivity contribution in [2.24, 2.45) is 0 Å². The van der Waals surface area contributed by atoms with Crippen LogP contribution < -0.4 is 0 Å². The smallest absolute Gasteiger partial charge is 0.299 e. The van der Waals surface area contributed by atoms with Crippen LogP contribution in [0.1, 0.15) is 11.1 Å². The highest BCUT2D eigenvalue weighted by atomic mass is 19.3. The first-order valence-electron chi connectivity index (χ1n) is 5.49. The fourth-order valence-corrected chi connectivity index (χ4v) is 1.18. The molecule has 0 atom stereocenters. The molecule has 0 heterocycles. The molecule has 0 saturated heterocycles. The summed E-state index contributed by atoms with van der Waals surface area (Å²) < 4.78 is 66.6. The van der Waals surface area contributed by atoms with Gasteiger partial charge in [0.25, 0.3) is 0 Å². The molecule has 1 aromatic rings. The van der Waals surface area contributed by atoms with Crippen LogP contribution in [0.25, 0.3) is 0 Å². The molecule has 0 aromatic heterocycles. The molecule has 1 aromatic carbocycles. The van der Waals surface area contributed by atoms with Crippen LogP contribution in [0, 0.1) is 0 Å². The second-order valence-corrected chi connectivity index (χ2v) is 3.73. The lowest BCUT2D eigenvalue weighted by Gasteiger charge is -2.15. The molecule has 0 aliphatic carbocycles. The van der Waals surface area contributed by atoms with Crippen molar-refractivity contribution in [3.8, 4) is 0 Å². The lowest BCUT2D eigenvalue weighted by molar-refractivity contribution is -0.388. The number of halogens is 4. The van der Waals surface area contributed by atoms with Gasteiger partial charge >= 0.3 is 12.6 Å². The lowest BCUT2D eigenvalue weighted by atomic mass is 10.1. The van der Waals surface area contributed by atoms with E-state index in [0.717, 1.165) is 14.2 Å². The monoisotopic (exact) mass is 298 g/mol. The highest BCUT2D eigenvalue weighted by molar-refractivity contribution is 5.21. The Labute approximate surface area is 113 Å². The normalized spacial score (nSPS) is 12.7. The van der Waals surface area contributed by atoms with E-state index in [4.69, 9.17) is 0 Å². The van der Waals surface area contributed by atoms with E-state index in [1.54, 1.807) is 0 Å². The third-order valence-electron chi connectivity index (χ3n) is 2.31. The van der Waals surface area contributed by atoms with E-state index in [1.165, 1.54) is 24.3 Å². The number of hydrogen-bond acceptors (Lipinski definition) is 4. The highest BCUT2D eigenvalue weighted by Gasteiger charge is 2.30. The lowest BCUT2D eigenvalue weighted by Crippen LogP contribution is -2.23. The molecular weight excluding hydrogens is 284 g/mol. The van der Waals surface area contributed by atoms with E-state index in [9.17, 15) is 17.6 Å². The van der Waals surface area contributed by atoms with E-state index in [1.807, 2.05) is 0 Å². The standard InChI is InChI=1S/C12H14F4O4/c1-17-11(13,14)19-7-9-3-5-10(6-4-9)8-20-12(15,16)18-2/h3-6H,7-8H2,1-2H3. The zero-order valence-electron chi connectivity index (χ0n) is 10.9. The summed E-state index contributed by atoms with van der Waals surface area (Å²) in [6.45, 7) is -0.758. The van der Waals surface area contributed by atoms with Crippen LogP contribution in [0.2, 0.25) is 0 Å². The Bertz CT molecular complexity index is 369. The first-order valence-corrected chi connectivity index (χ1v) is 5.49. The van der Waals surface area contributed by atoms with E-state index < -0.39 is 12.6 Å². The number of rotatable bonds is 8. The van der Waals surface area contributed by atoms with Gasteiger partial charge in [-0.25, -0.2) is 0 Å². The van der Waals surface area contributed by atoms with Gasteiger partial charge < -0.3 is 0 Å². The fraction of sp³-hybridized carbons (Fsp3) is 0.500. The minimum atomic E-state index is -3.66. The van der Waals surface area contributed by atoms with Crippen molar-refractivity contribution in [3.05, 3.63) is 35.4 Å². The molecule has 0 spiro atoms. The summed E-state index contributed by atoms with van der Waals surface area (Å²) in [7, 11) is 1.63. The number of alkyl halides is 4. The molecule has 0 amide bonds. The molecule has 0 N–H and O–H groups in total. The Kier molecular flexibility index (Phi) is 5.88. The van der Waals surface area contributed by atoms with Crippen molar-refractivity contribution < 1.29 is 36.5 Å². The average Bonchev–Trinajstić information content (AvgIpc) is 2.44. The summed E-state index contributed by atoms with van der Waals surface area (Å²) in [5.41, 5.74) is 0.868. The molecule has 20 heavy (non-hydrogen) atoms. The first kappa shape index (κ1) is 16.8. The van der Waals surface area contributed by atoms with Gasteiger partial charge in [0.05, 0.1) is 13.2 Å². The summed E-state index contributed by atoms with van der Waals surface area (Å²) in [4.78, 5) is 0. The maximum atomic E-state index is 12.6. The quantitative estimate of drug-likeness (QED) is 0.546. The SMILES string of the molecule is COC(F)(F)OCc1ccc(COC(F)(F)OC)cc1. The molecule has 0 fully saturated rings. The third-order valence-corrected chi connectivity index (χ3v) is 2.31. The van der Waals surface area contributed by atoms with Gasteiger partial charge in [-0.2, -0.15) is 0 Å². The molecule has 114 valence electrons. The molecule has 0 saturated carbocycles. The van der Waals surface area contributed by atoms with E-state index >= 15 is 0 Å². The maximum absolute atomic E-state index is 12.6. The molecule has 0 unspecified atom stereocenters. The molecule has 1 rings (SSSR count). The molecule has 0 bridgehead atoms. The average molecular weight is 298 g/mol. The van der Waals surface area contributed by atoms with Crippen molar-refractivity contribution in [1.82, 2.24) is 0 Å². The molecule has 0 aliphatic rings. The topological polar surface area (TPSA) is 36.9 Å². The molecule has 8 heteroatoms. The Morgan fingerprint density at radius 2 is 1.05 bits per heavy atom. The third kappa shape index (κ3) is 5.83. The molecule has 0 aliphatic heterocycles. The summed E-state index contributed by atoms with van der Waals surface area (Å²) in [5.74, 6) is 0. The van der Waals surface area contributed by atoms with Gasteiger partial charge in [0.1, 0.15) is 0 Å². The Morgan fingerprint density at radius 1 is 0.750 bits per heavy atom. The van der Waals surface area contributed by atoms with Gasteiger partial charge in [0, 0.05) is 14.2 Å². The van der Waals surface area contributed by atoms with E-state index in [-0.39, 0.29) is 13.2 Å². The summed E-state index contributed by atoms with van der Waals surface area (Å²) in [6.07, 6.45) is -7.33. The number of ether oxygens (including phenoxy) is 4. The maximum Gasteiger partial charge on any atom is 0.485 e. The number of methoxy groups -OCH3 is 2. The van der Waals surface area contributed by atoms with Crippen LogP contribution in [-0.2, 0) is 32.2 Å². The Morgan fingerprint density at radius 3 is 1.30 bits per heavy atom. The van der Waals surface area contributed by atoms with Gasteiger partial charge in [0.2, 0.25) is 0 Å². The fourth-order valence-electron chi connectivity index (χ4n) is 1.18. The molecule has 4 nitrogen and oxygen atoms in total. The Hall–Kier alpha value is -1.22. The minimum Gasteiger partial charge on any atom is -0.299 e. The van der Waals surface area contributed by atoms with Gasteiger partial charge in [-0.3, -0.25) is 18.9 Å². The van der Waals surface area contributed by atoms with Crippen LogP contribution in [0.5, 0.6) is 0 Å². The highest BCUT2D eigenvalue weighted by Crippen LogP contribution is 2.20. The number of benzene rings is 1.